The highest BCUT2D eigenvalue weighted by molar-refractivity contribution is 6.31. The molecular weight excluding hydrogens is 383 g/mol. The van der Waals surface area contributed by atoms with Gasteiger partial charge in [-0.3, -0.25) is 14.2 Å². The van der Waals surface area contributed by atoms with E-state index in [-0.39, 0.29) is 23.9 Å². The molecule has 144 valence electrons. The fourth-order valence-electron chi connectivity index (χ4n) is 2.55. The van der Waals surface area contributed by atoms with Gasteiger partial charge < -0.3 is 10.6 Å². The number of carbonyl (C=O) groups excluding carboxylic acids is 1. The molecule has 6 nitrogen and oxygen atoms in total. The molecule has 0 saturated heterocycles. The number of amides is 1. The van der Waals surface area contributed by atoms with E-state index in [1.807, 2.05) is 6.92 Å². The van der Waals surface area contributed by atoms with Crippen molar-refractivity contribution >= 4 is 34.8 Å². The normalized spacial score (nSPS) is 10.6. The molecule has 0 aliphatic carbocycles. The van der Waals surface area contributed by atoms with Crippen LogP contribution in [0, 0.1) is 19.7 Å². The van der Waals surface area contributed by atoms with Gasteiger partial charge in [-0.15, -0.1) is 0 Å². The van der Waals surface area contributed by atoms with Gasteiger partial charge in [-0.1, -0.05) is 17.7 Å². The second-order valence-electron chi connectivity index (χ2n) is 6.29. The van der Waals surface area contributed by atoms with Crippen molar-refractivity contribution in [3.63, 3.8) is 0 Å². The maximum absolute atomic E-state index is 13.1. The average molecular weight is 401 g/mol. The molecule has 0 unspecified atom stereocenters. The summed E-state index contributed by atoms with van der Waals surface area (Å²) in [5.74, 6) is -0.597. The monoisotopic (exact) mass is 400 g/mol. The first kappa shape index (κ1) is 19.6. The third-order valence-corrected chi connectivity index (χ3v) is 4.40. The van der Waals surface area contributed by atoms with Gasteiger partial charge >= 0.3 is 0 Å². The summed E-state index contributed by atoms with van der Waals surface area (Å²) in [6, 6.07) is 12.1. The largest absolute Gasteiger partial charge is 0.326 e. The Morgan fingerprint density at radius 1 is 1.11 bits per heavy atom. The highest BCUT2D eigenvalue weighted by Crippen LogP contribution is 2.20. The van der Waals surface area contributed by atoms with Crippen LogP contribution >= 0.6 is 11.6 Å². The maximum atomic E-state index is 13.1. The second-order valence-corrected chi connectivity index (χ2v) is 6.70. The van der Waals surface area contributed by atoms with Crippen molar-refractivity contribution in [1.29, 1.82) is 0 Å². The minimum absolute atomic E-state index is 0.189. The third kappa shape index (κ3) is 4.75. The van der Waals surface area contributed by atoms with Crippen LogP contribution in [0.2, 0.25) is 5.02 Å². The van der Waals surface area contributed by atoms with E-state index in [0.717, 1.165) is 5.56 Å². The zero-order valence-electron chi connectivity index (χ0n) is 15.3. The number of nitrogens with zero attached hydrogens (tertiary/aromatic N) is 2. The average Bonchev–Trinajstić information content (AvgIpc) is 2.63. The molecule has 0 atom stereocenters. The van der Waals surface area contributed by atoms with Crippen LogP contribution in [0.5, 0.6) is 0 Å². The van der Waals surface area contributed by atoms with Gasteiger partial charge in [0.15, 0.2) is 0 Å². The number of rotatable bonds is 5. The van der Waals surface area contributed by atoms with Crippen molar-refractivity contribution in [2.75, 3.05) is 10.6 Å². The van der Waals surface area contributed by atoms with Crippen LogP contribution < -0.4 is 16.2 Å². The third-order valence-electron chi connectivity index (χ3n) is 3.99. The smallest absolute Gasteiger partial charge is 0.255 e. The summed E-state index contributed by atoms with van der Waals surface area (Å²) in [7, 11) is 0. The number of hydrogen-bond donors (Lipinski definition) is 2. The second kappa shape index (κ2) is 8.22. The Hall–Kier alpha value is -3.19. The first-order valence-electron chi connectivity index (χ1n) is 8.49. The lowest BCUT2D eigenvalue weighted by Gasteiger charge is -2.14. The zero-order valence-corrected chi connectivity index (χ0v) is 16.0. The fraction of sp³-hybridized carbons (Fsp3) is 0.150. The van der Waals surface area contributed by atoms with Crippen molar-refractivity contribution in [3.05, 3.63) is 81.0 Å². The molecule has 0 aliphatic heterocycles. The van der Waals surface area contributed by atoms with Gasteiger partial charge in [0.25, 0.3) is 5.56 Å². The summed E-state index contributed by atoms with van der Waals surface area (Å²) in [5.41, 5.74) is 2.08. The predicted octanol–water partition coefficient (Wildman–Crippen LogP) is 4.03. The molecule has 2 N–H and O–H groups in total. The SMILES string of the molecule is Cc1cc(=O)n(CC(=O)Nc2ccc(C)c(Cl)c2)c(Nc2ccc(F)cc2)n1. The van der Waals surface area contributed by atoms with E-state index in [2.05, 4.69) is 15.6 Å². The van der Waals surface area contributed by atoms with Gasteiger partial charge in [0.1, 0.15) is 12.4 Å². The Morgan fingerprint density at radius 3 is 2.46 bits per heavy atom. The fourth-order valence-corrected chi connectivity index (χ4v) is 2.73. The molecule has 8 heteroatoms. The molecule has 0 bridgehead atoms. The maximum Gasteiger partial charge on any atom is 0.255 e. The van der Waals surface area contributed by atoms with E-state index in [1.165, 1.54) is 34.9 Å². The topological polar surface area (TPSA) is 76.0 Å². The first-order valence-corrected chi connectivity index (χ1v) is 8.87. The predicted molar refractivity (Wildman–Crippen MR) is 108 cm³/mol. The standard InChI is InChI=1S/C20H18ClFN4O2/c1-12-3-6-16(10-17(12)21)24-18(27)11-26-19(28)9-13(2)23-20(26)25-15-7-4-14(22)5-8-15/h3-10H,11H2,1-2H3,(H,23,25)(H,24,27). The van der Waals surface area contributed by atoms with E-state index < -0.39 is 5.91 Å². The van der Waals surface area contributed by atoms with Crippen molar-refractivity contribution < 1.29 is 9.18 Å². The quantitative estimate of drug-likeness (QED) is 0.677. The lowest BCUT2D eigenvalue weighted by atomic mass is 10.2. The van der Waals surface area contributed by atoms with Gasteiger partial charge in [-0.05, 0) is 55.8 Å². The highest BCUT2D eigenvalue weighted by Gasteiger charge is 2.12. The van der Waals surface area contributed by atoms with E-state index in [0.29, 0.717) is 22.1 Å². The molecule has 0 aliphatic rings. The first-order chi connectivity index (χ1) is 13.3. The number of aromatic nitrogens is 2. The highest BCUT2D eigenvalue weighted by atomic mass is 35.5. The molecule has 1 heterocycles. The van der Waals surface area contributed by atoms with Crippen LogP contribution in [0.4, 0.5) is 21.7 Å². The molecule has 0 radical (unpaired) electrons. The van der Waals surface area contributed by atoms with Crippen LogP contribution in [0.3, 0.4) is 0 Å². The van der Waals surface area contributed by atoms with Gasteiger partial charge in [-0.2, -0.15) is 0 Å². The summed E-state index contributed by atoms with van der Waals surface area (Å²) in [6.45, 7) is 3.29. The number of hydrogen-bond acceptors (Lipinski definition) is 4. The molecule has 3 rings (SSSR count). The molecule has 28 heavy (non-hydrogen) atoms. The number of anilines is 3. The van der Waals surface area contributed by atoms with E-state index >= 15 is 0 Å². The molecule has 1 amide bonds. The Kier molecular flexibility index (Phi) is 5.75. The minimum Gasteiger partial charge on any atom is -0.326 e. The van der Waals surface area contributed by atoms with Crippen LogP contribution in [-0.4, -0.2) is 15.5 Å². The lowest BCUT2D eigenvalue weighted by Crippen LogP contribution is -2.30. The number of halogens is 2. The van der Waals surface area contributed by atoms with Gasteiger partial charge in [0.2, 0.25) is 11.9 Å². The van der Waals surface area contributed by atoms with Crippen molar-refractivity contribution in [1.82, 2.24) is 9.55 Å². The molecule has 0 fully saturated rings. The van der Waals surface area contributed by atoms with Crippen molar-refractivity contribution in [2.45, 2.75) is 20.4 Å². The van der Waals surface area contributed by atoms with Crippen molar-refractivity contribution in [3.8, 4) is 0 Å². The Labute approximate surface area is 166 Å². The number of nitrogens with one attached hydrogen (secondary N) is 2. The zero-order chi connectivity index (χ0) is 20.3. The summed E-state index contributed by atoms with van der Waals surface area (Å²) in [5, 5.41) is 6.19. The van der Waals surface area contributed by atoms with Crippen LogP contribution in [0.15, 0.2) is 53.3 Å². The van der Waals surface area contributed by atoms with Gasteiger partial charge in [0, 0.05) is 28.2 Å². The molecule has 1 aromatic heterocycles. The van der Waals surface area contributed by atoms with Gasteiger partial charge in [-0.25, -0.2) is 9.37 Å². The molecule has 0 saturated carbocycles. The minimum atomic E-state index is -0.408. The molecule has 3 aromatic rings. The Balaban J connectivity index is 1.84. The Bertz CT molecular complexity index is 1080. The van der Waals surface area contributed by atoms with Crippen molar-refractivity contribution in [2.24, 2.45) is 0 Å². The molecular formula is C20H18ClFN4O2. The van der Waals surface area contributed by atoms with E-state index in [1.54, 1.807) is 25.1 Å². The van der Waals surface area contributed by atoms with Crippen LogP contribution in [0.25, 0.3) is 0 Å². The summed E-state index contributed by atoms with van der Waals surface area (Å²) < 4.78 is 14.3. The van der Waals surface area contributed by atoms with E-state index in [4.69, 9.17) is 11.6 Å². The Morgan fingerprint density at radius 2 is 1.79 bits per heavy atom. The number of carbonyl (C=O) groups is 1. The number of benzene rings is 2. The number of aryl methyl sites for hydroxylation is 2. The summed E-state index contributed by atoms with van der Waals surface area (Å²) in [4.78, 5) is 29.2. The molecule has 2 aromatic carbocycles. The summed E-state index contributed by atoms with van der Waals surface area (Å²) in [6.07, 6.45) is 0. The summed E-state index contributed by atoms with van der Waals surface area (Å²) >= 11 is 6.07. The lowest BCUT2D eigenvalue weighted by molar-refractivity contribution is -0.116. The van der Waals surface area contributed by atoms with Crippen LogP contribution in [-0.2, 0) is 11.3 Å². The van der Waals surface area contributed by atoms with Crippen LogP contribution in [0.1, 0.15) is 11.3 Å². The molecule has 0 spiro atoms. The van der Waals surface area contributed by atoms with E-state index in [9.17, 15) is 14.0 Å². The van der Waals surface area contributed by atoms with Gasteiger partial charge in [0.05, 0.1) is 0 Å².